The van der Waals surface area contributed by atoms with E-state index in [1.165, 1.54) is 17.2 Å². The van der Waals surface area contributed by atoms with Crippen molar-refractivity contribution in [1.82, 2.24) is 0 Å². The van der Waals surface area contributed by atoms with Crippen LogP contribution in [-0.4, -0.2) is 0 Å². The molecule has 0 saturated heterocycles. The highest BCUT2D eigenvalue weighted by Crippen LogP contribution is 2.30. The number of allylic oxidation sites excluding steroid dienone is 2. The largest absolute Gasteiger partial charge is 0.204 e. The summed E-state index contributed by atoms with van der Waals surface area (Å²) < 4.78 is 26.9. The Morgan fingerprint density at radius 3 is 2.45 bits per heavy atom. The lowest BCUT2D eigenvalue weighted by Crippen LogP contribution is -2.06. The van der Waals surface area contributed by atoms with Crippen molar-refractivity contribution in [1.29, 1.82) is 0 Å². The van der Waals surface area contributed by atoms with E-state index in [0.717, 1.165) is 17.5 Å². The molecule has 0 amide bonds. The van der Waals surface area contributed by atoms with Gasteiger partial charge in [-0.2, -0.15) is 0 Å². The fraction of sp³-hybridized carbons (Fsp3) is 0.222. The number of aryl methyl sites for hydroxylation is 1. The van der Waals surface area contributed by atoms with Gasteiger partial charge in [0, 0.05) is 0 Å². The van der Waals surface area contributed by atoms with Crippen molar-refractivity contribution in [3.05, 3.63) is 76.4 Å². The van der Waals surface area contributed by atoms with E-state index in [4.69, 9.17) is 0 Å². The van der Waals surface area contributed by atoms with Crippen molar-refractivity contribution in [3.63, 3.8) is 0 Å². The minimum atomic E-state index is -0.757. The molecule has 0 aliphatic heterocycles. The first kappa shape index (κ1) is 13.0. The molecule has 102 valence electrons. The Balaban J connectivity index is 1.91. The number of benzene rings is 2. The second-order valence-electron chi connectivity index (χ2n) is 5.16. The molecule has 0 bridgehead atoms. The van der Waals surface area contributed by atoms with Gasteiger partial charge < -0.3 is 0 Å². The summed E-state index contributed by atoms with van der Waals surface area (Å²) in [7, 11) is 0. The van der Waals surface area contributed by atoms with Gasteiger partial charge in [-0.15, -0.1) is 0 Å². The van der Waals surface area contributed by atoms with Gasteiger partial charge in [-0.3, -0.25) is 0 Å². The molecule has 0 atom stereocenters. The minimum absolute atomic E-state index is 0.462. The van der Waals surface area contributed by atoms with Crippen LogP contribution in [0.4, 0.5) is 8.78 Å². The predicted molar refractivity (Wildman–Crippen MR) is 77.6 cm³/mol. The number of halogens is 2. The van der Waals surface area contributed by atoms with E-state index in [1.807, 2.05) is 6.08 Å². The van der Waals surface area contributed by atoms with Gasteiger partial charge in [-0.25, -0.2) is 8.78 Å². The zero-order valence-electron chi connectivity index (χ0n) is 11.4. The van der Waals surface area contributed by atoms with Crippen molar-refractivity contribution < 1.29 is 8.78 Å². The van der Waals surface area contributed by atoms with E-state index in [0.29, 0.717) is 18.4 Å². The Bertz CT molecular complexity index is 667. The first-order chi connectivity index (χ1) is 9.69. The molecule has 0 aromatic heterocycles. The Labute approximate surface area is 117 Å². The van der Waals surface area contributed by atoms with Gasteiger partial charge in [0.15, 0.2) is 11.6 Å². The highest BCUT2D eigenvalue weighted by Gasteiger charge is 2.18. The van der Waals surface area contributed by atoms with Gasteiger partial charge >= 0.3 is 0 Å². The molecule has 0 fully saturated rings. The number of rotatable bonds is 2. The topological polar surface area (TPSA) is 0 Å². The summed E-state index contributed by atoms with van der Waals surface area (Å²) in [6.07, 6.45) is 4.15. The van der Waals surface area contributed by atoms with Crippen LogP contribution in [0.25, 0.3) is 5.57 Å². The van der Waals surface area contributed by atoms with Crippen LogP contribution in [0.2, 0.25) is 0 Å². The molecule has 0 saturated carbocycles. The van der Waals surface area contributed by atoms with Gasteiger partial charge in [0.1, 0.15) is 0 Å². The van der Waals surface area contributed by atoms with E-state index >= 15 is 0 Å². The third-order valence-corrected chi connectivity index (χ3v) is 3.96. The summed E-state index contributed by atoms with van der Waals surface area (Å²) in [4.78, 5) is 0. The molecule has 0 spiro atoms. The Morgan fingerprint density at radius 1 is 1.00 bits per heavy atom. The third kappa shape index (κ3) is 2.26. The maximum atomic E-state index is 13.7. The van der Waals surface area contributed by atoms with Crippen molar-refractivity contribution in [2.24, 2.45) is 0 Å². The summed E-state index contributed by atoms with van der Waals surface area (Å²) in [6, 6.07) is 11.4. The van der Waals surface area contributed by atoms with Crippen LogP contribution >= 0.6 is 0 Å². The SMILES string of the molecule is CCc1ccc(C2=CCc3c(ccc(F)c3F)C2)cc1. The van der Waals surface area contributed by atoms with Crippen LogP contribution in [-0.2, 0) is 19.3 Å². The highest BCUT2D eigenvalue weighted by atomic mass is 19.2. The molecular formula is C18H16F2. The Hall–Kier alpha value is -1.96. The van der Waals surface area contributed by atoms with E-state index in [9.17, 15) is 8.78 Å². The van der Waals surface area contributed by atoms with E-state index < -0.39 is 11.6 Å². The molecule has 1 aliphatic carbocycles. The highest BCUT2D eigenvalue weighted by molar-refractivity contribution is 5.70. The smallest absolute Gasteiger partial charge is 0.162 e. The second kappa shape index (κ2) is 5.20. The summed E-state index contributed by atoms with van der Waals surface area (Å²) in [5.41, 5.74) is 5.04. The molecule has 0 heterocycles. The summed E-state index contributed by atoms with van der Waals surface area (Å²) in [5.74, 6) is -1.45. The van der Waals surface area contributed by atoms with Gasteiger partial charge in [0.05, 0.1) is 0 Å². The minimum Gasteiger partial charge on any atom is -0.204 e. The number of fused-ring (bicyclic) bond motifs is 1. The zero-order valence-corrected chi connectivity index (χ0v) is 11.4. The Kier molecular flexibility index (Phi) is 3.39. The van der Waals surface area contributed by atoms with E-state index in [1.54, 1.807) is 6.07 Å². The summed E-state index contributed by atoms with van der Waals surface area (Å²) in [5, 5.41) is 0. The monoisotopic (exact) mass is 270 g/mol. The molecule has 20 heavy (non-hydrogen) atoms. The lowest BCUT2D eigenvalue weighted by atomic mass is 9.87. The molecule has 2 aromatic rings. The van der Waals surface area contributed by atoms with Gasteiger partial charge in [-0.05, 0) is 53.2 Å². The molecule has 2 aromatic carbocycles. The third-order valence-electron chi connectivity index (χ3n) is 3.96. The van der Waals surface area contributed by atoms with Crippen LogP contribution in [0.3, 0.4) is 0 Å². The van der Waals surface area contributed by atoms with Crippen molar-refractivity contribution >= 4 is 5.57 Å². The van der Waals surface area contributed by atoms with E-state index in [-0.39, 0.29) is 0 Å². The van der Waals surface area contributed by atoms with Crippen LogP contribution in [0.5, 0.6) is 0 Å². The zero-order chi connectivity index (χ0) is 14.1. The van der Waals surface area contributed by atoms with Crippen LogP contribution in [0.15, 0.2) is 42.5 Å². The molecule has 2 heteroatoms. The Morgan fingerprint density at radius 2 is 1.75 bits per heavy atom. The maximum absolute atomic E-state index is 13.7. The van der Waals surface area contributed by atoms with Gasteiger partial charge in [0.25, 0.3) is 0 Å². The van der Waals surface area contributed by atoms with Crippen LogP contribution in [0, 0.1) is 11.6 Å². The lowest BCUT2D eigenvalue weighted by molar-refractivity contribution is 0.499. The molecular weight excluding hydrogens is 254 g/mol. The maximum Gasteiger partial charge on any atom is 0.162 e. The second-order valence-corrected chi connectivity index (χ2v) is 5.16. The summed E-state index contributed by atoms with van der Waals surface area (Å²) >= 11 is 0. The normalized spacial score (nSPS) is 13.8. The quantitative estimate of drug-likeness (QED) is 0.741. The molecule has 1 aliphatic rings. The number of hydrogen-bond acceptors (Lipinski definition) is 0. The molecule has 0 unspecified atom stereocenters. The summed E-state index contributed by atoms with van der Waals surface area (Å²) in [6.45, 7) is 2.13. The number of hydrogen-bond donors (Lipinski definition) is 0. The lowest BCUT2D eigenvalue weighted by Gasteiger charge is -2.18. The predicted octanol–water partition coefficient (Wildman–Crippen LogP) is 4.71. The molecule has 3 rings (SSSR count). The van der Waals surface area contributed by atoms with Crippen LogP contribution in [0.1, 0.15) is 29.2 Å². The van der Waals surface area contributed by atoms with Gasteiger partial charge in [0.2, 0.25) is 0 Å². The fourth-order valence-electron chi connectivity index (χ4n) is 2.70. The average molecular weight is 270 g/mol. The molecule has 0 radical (unpaired) electrons. The standard InChI is InChI=1S/C18H16F2/c1-2-12-3-5-13(6-4-12)14-7-9-16-15(11-14)8-10-17(19)18(16)20/h3-8,10H,2,9,11H2,1H3. The first-order valence-corrected chi connectivity index (χ1v) is 6.93. The van der Waals surface area contributed by atoms with Crippen molar-refractivity contribution in [2.45, 2.75) is 26.2 Å². The van der Waals surface area contributed by atoms with E-state index in [2.05, 4.69) is 31.2 Å². The fourth-order valence-corrected chi connectivity index (χ4v) is 2.70. The van der Waals surface area contributed by atoms with Gasteiger partial charge in [-0.1, -0.05) is 43.3 Å². The van der Waals surface area contributed by atoms with Crippen molar-refractivity contribution in [2.75, 3.05) is 0 Å². The molecule has 0 nitrogen and oxygen atoms in total. The first-order valence-electron chi connectivity index (χ1n) is 6.93. The van der Waals surface area contributed by atoms with Crippen molar-refractivity contribution in [3.8, 4) is 0 Å². The molecule has 0 N–H and O–H groups in total. The average Bonchev–Trinajstić information content (AvgIpc) is 2.51. The van der Waals surface area contributed by atoms with Crippen LogP contribution < -0.4 is 0 Å².